The summed E-state index contributed by atoms with van der Waals surface area (Å²) in [7, 11) is 0. The molecule has 0 aromatic rings. The smallest absolute Gasteiger partial charge is 0.240 e. The third kappa shape index (κ3) is 1.61. The molecule has 1 aliphatic heterocycles. The molecule has 1 heterocycles. The fraction of sp³-hybridized carbons (Fsp3) is 0.625. The lowest BCUT2D eigenvalue weighted by Gasteiger charge is -2.39. The zero-order valence-corrected chi connectivity index (χ0v) is 7.36. The summed E-state index contributed by atoms with van der Waals surface area (Å²) < 4.78 is 0. The lowest BCUT2D eigenvalue weighted by atomic mass is 9.99. The standard InChI is InChI=1S/C8H11N3O2/c1-5(4-9)8(13)11-3-2-6(11)7(10)12/h5-6H,2-3H2,1H3,(H2,10,12). The van der Waals surface area contributed by atoms with Crippen LogP contribution < -0.4 is 5.73 Å². The maximum absolute atomic E-state index is 11.4. The Kier molecular flexibility index (Phi) is 2.52. The normalized spacial score (nSPS) is 22.8. The maximum atomic E-state index is 11.4. The Morgan fingerprint density at radius 3 is 2.62 bits per heavy atom. The highest BCUT2D eigenvalue weighted by Gasteiger charge is 2.37. The molecule has 70 valence electrons. The number of nitriles is 1. The van der Waals surface area contributed by atoms with Crippen LogP contribution in [-0.2, 0) is 9.59 Å². The average Bonchev–Trinajstić information content (AvgIpc) is 1.99. The summed E-state index contributed by atoms with van der Waals surface area (Å²) in [6.45, 7) is 2.04. The Morgan fingerprint density at radius 1 is 1.69 bits per heavy atom. The van der Waals surface area contributed by atoms with Crippen molar-refractivity contribution < 1.29 is 9.59 Å². The quantitative estimate of drug-likeness (QED) is 0.607. The first-order valence-electron chi connectivity index (χ1n) is 4.07. The molecule has 2 atom stereocenters. The second-order valence-corrected chi connectivity index (χ2v) is 3.09. The Bertz CT molecular complexity index is 282. The molecule has 2 N–H and O–H groups in total. The molecule has 0 aromatic heterocycles. The van der Waals surface area contributed by atoms with E-state index in [0.717, 1.165) is 0 Å². The van der Waals surface area contributed by atoms with Gasteiger partial charge in [0.2, 0.25) is 11.8 Å². The minimum absolute atomic E-state index is 0.308. The van der Waals surface area contributed by atoms with E-state index in [-0.39, 0.29) is 5.91 Å². The molecular weight excluding hydrogens is 170 g/mol. The molecule has 0 aromatic carbocycles. The van der Waals surface area contributed by atoms with Crippen LogP contribution in [0.5, 0.6) is 0 Å². The zero-order chi connectivity index (χ0) is 10.0. The minimum Gasteiger partial charge on any atom is -0.368 e. The molecule has 1 saturated heterocycles. The highest BCUT2D eigenvalue weighted by molar-refractivity contribution is 5.90. The first kappa shape index (κ1) is 9.52. The molecule has 5 nitrogen and oxygen atoms in total. The van der Waals surface area contributed by atoms with Crippen molar-refractivity contribution in [3.63, 3.8) is 0 Å². The molecule has 1 rings (SSSR count). The summed E-state index contributed by atoms with van der Waals surface area (Å²) in [5, 5.41) is 8.48. The molecule has 13 heavy (non-hydrogen) atoms. The molecule has 0 aliphatic carbocycles. The number of carbonyl (C=O) groups excluding carboxylic acids is 2. The third-order valence-corrected chi connectivity index (χ3v) is 2.20. The van der Waals surface area contributed by atoms with Gasteiger partial charge in [-0.25, -0.2) is 0 Å². The van der Waals surface area contributed by atoms with Gasteiger partial charge in [-0.1, -0.05) is 0 Å². The van der Waals surface area contributed by atoms with Crippen LogP contribution in [0.4, 0.5) is 0 Å². The van der Waals surface area contributed by atoms with Crippen molar-refractivity contribution in [2.45, 2.75) is 19.4 Å². The molecule has 0 radical (unpaired) electrons. The lowest BCUT2D eigenvalue weighted by molar-refractivity contribution is -0.147. The summed E-state index contributed by atoms with van der Waals surface area (Å²) in [5.41, 5.74) is 5.05. The molecule has 5 heteroatoms. The molecule has 2 unspecified atom stereocenters. The van der Waals surface area contributed by atoms with Crippen LogP contribution in [0.1, 0.15) is 13.3 Å². The first-order valence-corrected chi connectivity index (χ1v) is 4.07. The number of nitrogens with zero attached hydrogens (tertiary/aromatic N) is 2. The van der Waals surface area contributed by atoms with Crippen LogP contribution >= 0.6 is 0 Å². The third-order valence-electron chi connectivity index (χ3n) is 2.20. The van der Waals surface area contributed by atoms with E-state index in [1.54, 1.807) is 0 Å². The summed E-state index contributed by atoms with van der Waals surface area (Å²) in [5.74, 6) is -1.50. The summed E-state index contributed by atoms with van der Waals surface area (Å²) >= 11 is 0. The number of nitrogens with two attached hydrogens (primary N) is 1. The molecule has 1 aliphatic rings. The van der Waals surface area contributed by atoms with Gasteiger partial charge >= 0.3 is 0 Å². The van der Waals surface area contributed by atoms with Crippen LogP contribution in [0, 0.1) is 17.2 Å². The maximum Gasteiger partial charge on any atom is 0.240 e. The van der Waals surface area contributed by atoms with E-state index in [0.29, 0.717) is 13.0 Å². The van der Waals surface area contributed by atoms with Gasteiger partial charge in [0.25, 0.3) is 0 Å². The van der Waals surface area contributed by atoms with Crippen molar-refractivity contribution in [2.24, 2.45) is 11.7 Å². The Labute approximate surface area is 76.1 Å². The van der Waals surface area contributed by atoms with Gasteiger partial charge in [0.15, 0.2) is 0 Å². The molecular formula is C8H11N3O2. The van der Waals surface area contributed by atoms with Crippen molar-refractivity contribution in [2.75, 3.05) is 6.54 Å². The highest BCUT2D eigenvalue weighted by Crippen LogP contribution is 2.19. The van der Waals surface area contributed by atoms with Gasteiger partial charge in [-0.05, 0) is 13.3 Å². The zero-order valence-electron chi connectivity index (χ0n) is 7.36. The second kappa shape index (κ2) is 3.44. The van der Waals surface area contributed by atoms with Crippen molar-refractivity contribution in [3.05, 3.63) is 0 Å². The van der Waals surface area contributed by atoms with Crippen LogP contribution in [-0.4, -0.2) is 29.3 Å². The number of likely N-dealkylation sites (tertiary alicyclic amines) is 1. The predicted octanol–water partition coefficient (Wildman–Crippen LogP) is -0.768. The van der Waals surface area contributed by atoms with E-state index in [9.17, 15) is 9.59 Å². The van der Waals surface area contributed by atoms with Crippen molar-refractivity contribution in [3.8, 4) is 6.07 Å². The fourth-order valence-electron chi connectivity index (χ4n) is 1.25. The minimum atomic E-state index is -0.692. The summed E-state index contributed by atoms with van der Waals surface area (Å²) in [6, 6.07) is 1.33. The van der Waals surface area contributed by atoms with E-state index in [1.165, 1.54) is 11.8 Å². The molecule has 1 fully saturated rings. The number of primary amides is 1. The van der Waals surface area contributed by atoms with Crippen LogP contribution in [0.15, 0.2) is 0 Å². The topological polar surface area (TPSA) is 87.2 Å². The van der Waals surface area contributed by atoms with Gasteiger partial charge in [-0.3, -0.25) is 9.59 Å². The first-order chi connectivity index (χ1) is 6.07. The van der Waals surface area contributed by atoms with Gasteiger partial charge in [-0.15, -0.1) is 0 Å². The number of rotatable bonds is 2. The van der Waals surface area contributed by atoms with Gasteiger partial charge in [-0.2, -0.15) is 5.26 Å². The largest absolute Gasteiger partial charge is 0.368 e. The van der Waals surface area contributed by atoms with E-state index < -0.39 is 17.9 Å². The van der Waals surface area contributed by atoms with E-state index in [1.807, 2.05) is 6.07 Å². The van der Waals surface area contributed by atoms with Gasteiger partial charge in [0.05, 0.1) is 6.07 Å². The van der Waals surface area contributed by atoms with Crippen LogP contribution in [0.3, 0.4) is 0 Å². The SMILES string of the molecule is CC(C#N)C(=O)N1CCC1C(N)=O. The van der Waals surface area contributed by atoms with E-state index in [4.69, 9.17) is 11.0 Å². The Morgan fingerprint density at radius 2 is 2.31 bits per heavy atom. The van der Waals surface area contributed by atoms with Crippen LogP contribution in [0.25, 0.3) is 0 Å². The van der Waals surface area contributed by atoms with Crippen molar-refractivity contribution >= 4 is 11.8 Å². The Balaban J connectivity index is 2.60. The number of carbonyl (C=O) groups is 2. The van der Waals surface area contributed by atoms with Gasteiger partial charge < -0.3 is 10.6 Å². The molecule has 0 bridgehead atoms. The van der Waals surface area contributed by atoms with Crippen LogP contribution in [0.2, 0.25) is 0 Å². The number of hydrogen-bond acceptors (Lipinski definition) is 3. The van der Waals surface area contributed by atoms with E-state index in [2.05, 4.69) is 0 Å². The Hall–Kier alpha value is -1.57. The van der Waals surface area contributed by atoms with Crippen molar-refractivity contribution in [1.29, 1.82) is 5.26 Å². The lowest BCUT2D eigenvalue weighted by Crippen LogP contribution is -2.58. The predicted molar refractivity (Wildman–Crippen MR) is 44.1 cm³/mol. The van der Waals surface area contributed by atoms with Crippen molar-refractivity contribution in [1.82, 2.24) is 4.90 Å². The summed E-state index contributed by atoms with van der Waals surface area (Å²) in [6.07, 6.45) is 0.610. The van der Waals surface area contributed by atoms with Gasteiger partial charge in [0, 0.05) is 6.54 Å². The number of hydrogen-bond donors (Lipinski definition) is 1. The average molecular weight is 181 g/mol. The monoisotopic (exact) mass is 181 g/mol. The highest BCUT2D eigenvalue weighted by atomic mass is 16.2. The second-order valence-electron chi connectivity index (χ2n) is 3.09. The molecule has 2 amide bonds. The summed E-state index contributed by atoms with van der Waals surface area (Å²) in [4.78, 5) is 23.5. The molecule has 0 saturated carbocycles. The van der Waals surface area contributed by atoms with E-state index >= 15 is 0 Å². The molecule has 0 spiro atoms. The van der Waals surface area contributed by atoms with Gasteiger partial charge in [0.1, 0.15) is 12.0 Å². The number of amides is 2. The fourth-order valence-corrected chi connectivity index (χ4v) is 1.25.